The normalized spacial score (nSPS) is 18.3. The predicted molar refractivity (Wildman–Crippen MR) is 99.5 cm³/mol. The Morgan fingerprint density at radius 3 is 2.54 bits per heavy atom. The summed E-state index contributed by atoms with van der Waals surface area (Å²) in [5.41, 5.74) is 1.89. The highest BCUT2D eigenvalue weighted by molar-refractivity contribution is 5.76. The van der Waals surface area contributed by atoms with E-state index in [1.165, 1.54) is 0 Å². The largest absolute Gasteiger partial charge is 0.493 e. The zero-order valence-electron chi connectivity index (χ0n) is 15.2. The molecule has 1 unspecified atom stereocenters. The highest BCUT2D eigenvalue weighted by atomic mass is 16.5. The number of ether oxygens (including phenoxy) is 2. The maximum atomic E-state index is 12.2. The maximum absolute atomic E-state index is 12.2. The fourth-order valence-electron chi connectivity index (χ4n) is 3.46. The summed E-state index contributed by atoms with van der Waals surface area (Å²) in [6, 6.07) is 13.6. The number of nitrogens with one attached hydrogen (secondary N) is 1. The van der Waals surface area contributed by atoms with Gasteiger partial charge in [-0.25, -0.2) is 0 Å². The van der Waals surface area contributed by atoms with Gasteiger partial charge in [-0.1, -0.05) is 30.3 Å². The zero-order chi connectivity index (χ0) is 18.6. The Kier molecular flexibility index (Phi) is 5.47. The Balaban J connectivity index is 1.63. The van der Waals surface area contributed by atoms with Gasteiger partial charge in [-0.2, -0.15) is 0 Å². The van der Waals surface area contributed by atoms with E-state index in [0.717, 1.165) is 23.1 Å². The minimum absolute atomic E-state index is 0.0591. The molecular weight excluding hydrogens is 330 g/mol. The van der Waals surface area contributed by atoms with Gasteiger partial charge in [0.15, 0.2) is 11.5 Å². The summed E-state index contributed by atoms with van der Waals surface area (Å²) in [5.74, 6) is 1.18. The highest BCUT2D eigenvalue weighted by Crippen LogP contribution is 2.42. The molecule has 1 aliphatic carbocycles. The third-order valence-electron chi connectivity index (χ3n) is 4.98. The van der Waals surface area contributed by atoms with Crippen molar-refractivity contribution >= 4 is 5.91 Å². The number of hydrogen-bond donors (Lipinski definition) is 2. The van der Waals surface area contributed by atoms with Gasteiger partial charge in [-0.3, -0.25) is 4.79 Å². The van der Waals surface area contributed by atoms with Crippen LogP contribution in [0, 0.1) is 0 Å². The number of methoxy groups -OCH3 is 2. The number of hydrogen-bond acceptors (Lipinski definition) is 4. The monoisotopic (exact) mass is 355 g/mol. The van der Waals surface area contributed by atoms with Crippen LogP contribution in [0.1, 0.15) is 29.5 Å². The first-order valence-corrected chi connectivity index (χ1v) is 8.84. The minimum Gasteiger partial charge on any atom is -0.493 e. The SMILES string of the molecule is COc1cc2c(cc1OC)C(O)(CNC(=O)CCc1ccccc1)CC2. The molecule has 26 heavy (non-hydrogen) atoms. The molecule has 0 aromatic heterocycles. The van der Waals surface area contributed by atoms with E-state index in [2.05, 4.69) is 5.32 Å². The molecule has 5 heteroatoms. The van der Waals surface area contributed by atoms with E-state index in [4.69, 9.17) is 9.47 Å². The van der Waals surface area contributed by atoms with Gasteiger partial charge >= 0.3 is 0 Å². The van der Waals surface area contributed by atoms with Crippen molar-refractivity contribution in [1.29, 1.82) is 0 Å². The summed E-state index contributed by atoms with van der Waals surface area (Å²) >= 11 is 0. The van der Waals surface area contributed by atoms with Crippen LogP contribution in [0.4, 0.5) is 0 Å². The van der Waals surface area contributed by atoms with E-state index >= 15 is 0 Å². The summed E-state index contributed by atoms with van der Waals surface area (Å²) in [5, 5.41) is 13.9. The third-order valence-corrected chi connectivity index (χ3v) is 4.98. The van der Waals surface area contributed by atoms with Gasteiger partial charge in [0.05, 0.1) is 20.8 Å². The Morgan fingerprint density at radius 1 is 1.15 bits per heavy atom. The van der Waals surface area contributed by atoms with E-state index in [0.29, 0.717) is 30.8 Å². The molecular formula is C21H25NO4. The van der Waals surface area contributed by atoms with Gasteiger partial charge in [-0.05, 0) is 48.1 Å². The van der Waals surface area contributed by atoms with Gasteiger partial charge in [0.2, 0.25) is 5.91 Å². The maximum Gasteiger partial charge on any atom is 0.220 e. The summed E-state index contributed by atoms with van der Waals surface area (Å²) in [7, 11) is 3.17. The van der Waals surface area contributed by atoms with E-state index in [1.54, 1.807) is 14.2 Å². The number of aliphatic hydroxyl groups is 1. The Morgan fingerprint density at radius 2 is 1.85 bits per heavy atom. The third kappa shape index (κ3) is 3.83. The fraction of sp³-hybridized carbons (Fsp3) is 0.381. The Bertz CT molecular complexity index is 775. The molecule has 1 amide bonds. The first-order chi connectivity index (χ1) is 12.6. The summed E-state index contributed by atoms with van der Waals surface area (Å²) in [6.45, 7) is 0.198. The molecule has 0 heterocycles. The molecule has 5 nitrogen and oxygen atoms in total. The molecule has 0 saturated carbocycles. The second-order valence-corrected chi connectivity index (χ2v) is 6.66. The van der Waals surface area contributed by atoms with Crippen molar-refractivity contribution in [3.05, 3.63) is 59.2 Å². The standard InChI is InChI=1S/C21H25NO4/c1-25-18-12-16-10-11-21(24,17(16)13-19(18)26-2)14-22-20(23)9-8-15-6-4-3-5-7-15/h3-7,12-13,24H,8-11,14H2,1-2H3,(H,22,23). The van der Waals surface area contributed by atoms with Gasteiger partial charge in [0, 0.05) is 6.42 Å². The lowest BCUT2D eigenvalue weighted by molar-refractivity contribution is -0.122. The topological polar surface area (TPSA) is 67.8 Å². The molecule has 0 aliphatic heterocycles. The quantitative estimate of drug-likeness (QED) is 0.801. The lowest BCUT2D eigenvalue weighted by Gasteiger charge is -2.25. The van der Waals surface area contributed by atoms with Crippen LogP contribution in [-0.4, -0.2) is 31.8 Å². The van der Waals surface area contributed by atoms with Crippen LogP contribution in [0.15, 0.2) is 42.5 Å². The molecule has 2 aromatic rings. The van der Waals surface area contributed by atoms with E-state index in [1.807, 2.05) is 42.5 Å². The smallest absolute Gasteiger partial charge is 0.220 e. The van der Waals surface area contributed by atoms with E-state index < -0.39 is 5.60 Å². The number of amides is 1. The average Bonchev–Trinajstić information content (AvgIpc) is 3.00. The summed E-state index contributed by atoms with van der Waals surface area (Å²) < 4.78 is 10.7. The number of carbonyl (C=O) groups is 1. The van der Waals surface area contributed by atoms with Crippen LogP contribution >= 0.6 is 0 Å². The number of carbonyl (C=O) groups excluding carboxylic acids is 1. The second-order valence-electron chi connectivity index (χ2n) is 6.66. The first kappa shape index (κ1) is 18.3. The lowest BCUT2D eigenvalue weighted by atomic mass is 9.95. The van der Waals surface area contributed by atoms with Crippen LogP contribution in [0.25, 0.3) is 0 Å². The van der Waals surface area contributed by atoms with Crippen molar-refractivity contribution in [3.63, 3.8) is 0 Å². The lowest BCUT2D eigenvalue weighted by Crippen LogP contribution is -2.39. The fourth-order valence-corrected chi connectivity index (χ4v) is 3.46. The van der Waals surface area contributed by atoms with Crippen molar-refractivity contribution in [2.24, 2.45) is 0 Å². The van der Waals surface area contributed by atoms with Crippen molar-refractivity contribution in [3.8, 4) is 11.5 Å². The Hall–Kier alpha value is -2.53. The number of benzene rings is 2. The first-order valence-electron chi connectivity index (χ1n) is 8.84. The molecule has 0 saturated heterocycles. The molecule has 0 radical (unpaired) electrons. The number of rotatable bonds is 7. The van der Waals surface area contributed by atoms with Crippen LogP contribution in [0.5, 0.6) is 11.5 Å². The van der Waals surface area contributed by atoms with Crippen LogP contribution in [-0.2, 0) is 23.2 Å². The van der Waals surface area contributed by atoms with Gasteiger partial charge in [0.1, 0.15) is 5.60 Å². The molecule has 1 atom stereocenters. The predicted octanol–water partition coefficient (Wildman–Crippen LogP) is 2.59. The Labute approximate surface area is 153 Å². The van der Waals surface area contributed by atoms with E-state index in [-0.39, 0.29) is 12.5 Å². The van der Waals surface area contributed by atoms with Crippen LogP contribution in [0.3, 0.4) is 0 Å². The van der Waals surface area contributed by atoms with E-state index in [9.17, 15) is 9.90 Å². The van der Waals surface area contributed by atoms with Gasteiger partial charge in [-0.15, -0.1) is 0 Å². The minimum atomic E-state index is -1.07. The molecule has 0 spiro atoms. The highest BCUT2D eigenvalue weighted by Gasteiger charge is 2.38. The summed E-state index contributed by atoms with van der Waals surface area (Å²) in [4.78, 5) is 12.2. The molecule has 3 rings (SSSR count). The molecule has 0 bridgehead atoms. The molecule has 0 fully saturated rings. The summed E-state index contributed by atoms with van der Waals surface area (Å²) in [6.07, 6.45) is 2.40. The van der Waals surface area contributed by atoms with Crippen LogP contribution in [0.2, 0.25) is 0 Å². The molecule has 1 aliphatic rings. The van der Waals surface area contributed by atoms with Crippen molar-refractivity contribution in [2.45, 2.75) is 31.3 Å². The molecule has 2 aromatic carbocycles. The number of aryl methyl sites for hydroxylation is 2. The molecule has 2 N–H and O–H groups in total. The van der Waals surface area contributed by atoms with Gasteiger partial charge < -0.3 is 19.9 Å². The van der Waals surface area contributed by atoms with Crippen molar-refractivity contribution in [1.82, 2.24) is 5.32 Å². The van der Waals surface area contributed by atoms with Crippen molar-refractivity contribution < 1.29 is 19.4 Å². The number of fused-ring (bicyclic) bond motifs is 1. The second kappa shape index (κ2) is 7.79. The zero-order valence-corrected chi connectivity index (χ0v) is 15.2. The van der Waals surface area contributed by atoms with Crippen molar-refractivity contribution in [2.75, 3.05) is 20.8 Å². The molecule has 138 valence electrons. The average molecular weight is 355 g/mol. The van der Waals surface area contributed by atoms with Crippen LogP contribution < -0.4 is 14.8 Å². The van der Waals surface area contributed by atoms with Gasteiger partial charge in [0.25, 0.3) is 0 Å².